The minimum atomic E-state index is -1.51. The largest absolute Gasteiger partial charge is 0.477 e. The van der Waals surface area contributed by atoms with Crippen LogP contribution in [0.1, 0.15) is 284 Å². The first-order chi connectivity index (χ1) is 34.6. The van der Waals surface area contributed by atoms with E-state index in [0.29, 0.717) is 17.4 Å². The van der Waals surface area contributed by atoms with E-state index in [9.17, 15) is 19.5 Å². The van der Waals surface area contributed by atoms with Crippen LogP contribution in [0.4, 0.5) is 0 Å². The number of carbonyl (C=O) groups excluding carboxylic acids is 2. The van der Waals surface area contributed by atoms with Gasteiger partial charge in [-0.15, -0.1) is 0 Å². The highest BCUT2D eigenvalue weighted by atomic mass is 16.7. The van der Waals surface area contributed by atoms with Crippen LogP contribution in [-0.4, -0.2) is 87.4 Å². The lowest BCUT2D eigenvalue weighted by Gasteiger charge is -2.25. The highest BCUT2D eigenvalue weighted by Gasteiger charge is 2.25. The molecule has 0 saturated heterocycles. The average Bonchev–Trinajstić information content (AvgIpc) is 3.34. The highest BCUT2D eigenvalue weighted by molar-refractivity contribution is 5.71. The Kier molecular flexibility index (Phi) is 51.9. The van der Waals surface area contributed by atoms with Crippen molar-refractivity contribution in [2.45, 2.75) is 296 Å². The molecule has 416 valence electrons. The molecule has 0 rings (SSSR count). The number of hydrogen-bond acceptors (Lipinski definition) is 7. The zero-order chi connectivity index (χ0) is 52.0. The molecule has 0 radical (unpaired) electrons. The Balaban J connectivity index is 4.21. The fourth-order valence-electron chi connectivity index (χ4n) is 8.69. The van der Waals surface area contributed by atoms with Crippen LogP contribution in [0, 0.1) is 0 Å². The van der Waals surface area contributed by atoms with Crippen molar-refractivity contribution in [3.8, 4) is 0 Å². The maximum absolute atomic E-state index is 12.9. The lowest BCUT2D eigenvalue weighted by Crippen LogP contribution is -2.40. The number of unbranched alkanes of at least 4 members (excludes halogenated alkanes) is 35. The molecule has 0 aromatic rings. The third-order valence-electron chi connectivity index (χ3n) is 13.4. The summed E-state index contributed by atoms with van der Waals surface area (Å²) in [6.45, 7) is 4.90. The second-order valence-corrected chi connectivity index (χ2v) is 21.7. The van der Waals surface area contributed by atoms with Gasteiger partial charge in [-0.1, -0.05) is 237 Å². The van der Waals surface area contributed by atoms with Crippen molar-refractivity contribution < 1.29 is 42.9 Å². The lowest BCUT2D eigenvalue weighted by molar-refractivity contribution is -0.870. The molecule has 0 bridgehead atoms. The molecule has 71 heavy (non-hydrogen) atoms. The smallest absolute Gasteiger partial charge is 0.361 e. The fraction of sp³-hybridized carbons (Fsp3) is 0.855. The molecule has 0 aromatic carbocycles. The Bertz CT molecular complexity index is 1260. The van der Waals surface area contributed by atoms with Gasteiger partial charge >= 0.3 is 17.9 Å². The van der Waals surface area contributed by atoms with Crippen LogP contribution < -0.4 is 0 Å². The maximum atomic E-state index is 12.9. The van der Waals surface area contributed by atoms with E-state index in [4.69, 9.17) is 18.9 Å². The van der Waals surface area contributed by atoms with Gasteiger partial charge in [0.05, 0.1) is 34.4 Å². The normalized spacial score (nSPS) is 13.0. The summed E-state index contributed by atoms with van der Waals surface area (Å²) in [6.07, 6.45) is 62.2. The Hall–Kier alpha value is -2.49. The van der Waals surface area contributed by atoms with E-state index >= 15 is 0 Å². The quantitative estimate of drug-likeness (QED) is 0.0211. The first-order valence-corrected chi connectivity index (χ1v) is 30.2. The van der Waals surface area contributed by atoms with Gasteiger partial charge in [0.1, 0.15) is 13.2 Å². The standard InChI is InChI=1S/C62H115NO8/c1-6-8-10-12-14-16-18-20-22-24-26-28-29-30-31-33-35-37-39-41-43-45-47-49-51-53-60(65)71-58(57-70-62(61(66)67)68-55-54-63(3,4)5)56-69-59(64)52-50-48-46-44-42-40-38-36-34-32-27-25-23-21-19-17-15-13-11-9-7-2/h18,20,24-27,58,62H,6-17,19,21-23,28-57H2,1-5H3/p+1/b20-18-,26-24-,27-25-. The van der Waals surface area contributed by atoms with Crippen molar-refractivity contribution >= 4 is 17.9 Å². The van der Waals surface area contributed by atoms with Gasteiger partial charge in [0.2, 0.25) is 0 Å². The molecule has 9 nitrogen and oxygen atoms in total. The second-order valence-electron chi connectivity index (χ2n) is 21.7. The summed E-state index contributed by atoms with van der Waals surface area (Å²) in [5, 5.41) is 9.71. The van der Waals surface area contributed by atoms with Crippen molar-refractivity contribution in [3.05, 3.63) is 36.5 Å². The van der Waals surface area contributed by atoms with Crippen LogP contribution in [0.15, 0.2) is 36.5 Å². The number of carboxylic acid groups (broad SMARTS) is 1. The molecule has 0 aliphatic heterocycles. The topological polar surface area (TPSA) is 108 Å². The molecule has 0 aromatic heterocycles. The molecular formula is C62H116NO8+. The number of esters is 2. The van der Waals surface area contributed by atoms with Gasteiger partial charge in [-0.2, -0.15) is 0 Å². The number of carbonyl (C=O) groups is 3. The van der Waals surface area contributed by atoms with Crippen molar-refractivity contribution in [3.63, 3.8) is 0 Å². The Morgan fingerprint density at radius 1 is 0.423 bits per heavy atom. The predicted octanol–water partition coefficient (Wildman–Crippen LogP) is 17.7. The van der Waals surface area contributed by atoms with E-state index in [1.807, 2.05) is 21.1 Å². The number of carboxylic acids is 1. The predicted molar refractivity (Wildman–Crippen MR) is 300 cm³/mol. The van der Waals surface area contributed by atoms with Crippen molar-refractivity contribution in [1.29, 1.82) is 0 Å². The van der Waals surface area contributed by atoms with Crippen molar-refractivity contribution in [2.24, 2.45) is 0 Å². The number of quaternary nitrogens is 1. The summed E-state index contributed by atoms with van der Waals surface area (Å²) in [6, 6.07) is 0. The van der Waals surface area contributed by atoms with Crippen molar-refractivity contribution in [2.75, 3.05) is 47.5 Å². The Morgan fingerprint density at radius 3 is 1.13 bits per heavy atom. The van der Waals surface area contributed by atoms with Crippen LogP contribution in [0.5, 0.6) is 0 Å². The van der Waals surface area contributed by atoms with Crippen LogP contribution >= 0.6 is 0 Å². The molecule has 0 fully saturated rings. The molecule has 0 saturated carbocycles. The number of likely N-dealkylation sites (N-methyl/N-ethyl adjacent to an activating group) is 1. The zero-order valence-corrected chi connectivity index (χ0v) is 47.4. The van der Waals surface area contributed by atoms with E-state index in [1.165, 1.54) is 212 Å². The summed E-state index contributed by atoms with van der Waals surface area (Å²) >= 11 is 0. The van der Waals surface area contributed by atoms with E-state index < -0.39 is 24.3 Å². The molecule has 9 heteroatoms. The summed E-state index contributed by atoms with van der Waals surface area (Å²) < 4.78 is 22.9. The van der Waals surface area contributed by atoms with Crippen LogP contribution in [0.3, 0.4) is 0 Å². The summed E-state index contributed by atoms with van der Waals surface area (Å²) in [5.74, 6) is -1.99. The lowest BCUT2D eigenvalue weighted by atomic mass is 10.0. The molecule has 0 aliphatic carbocycles. The molecular weight excluding hydrogens is 887 g/mol. The van der Waals surface area contributed by atoms with E-state index in [2.05, 4.69) is 50.3 Å². The second kappa shape index (κ2) is 53.8. The van der Waals surface area contributed by atoms with E-state index in [-0.39, 0.29) is 32.2 Å². The molecule has 2 atom stereocenters. The Labute approximate surface area is 439 Å². The third kappa shape index (κ3) is 55.1. The molecule has 1 N–H and O–H groups in total. The van der Waals surface area contributed by atoms with Gasteiger partial charge in [-0.25, -0.2) is 4.79 Å². The summed E-state index contributed by atoms with van der Waals surface area (Å²) in [7, 11) is 5.98. The molecule has 2 unspecified atom stereocenters. The number of hydrogen-bond donors (Lipinski definition) is 1. The number of allylic oxidation sites excluding steroid dienone is 6. The monoisotopic (exact) mass is 1000 g/mol. The SMILES string of the molecule is CCCCCCC/C=C\C/C=C\CCCCCCCCCCCCCCCC(=O)OC(COC(=O)CCCCCCCCCCC/C=C\CCCCCCCCCC)COC(OCC[N+](C)(C)C)C(=O)O. The molecule has 0 heterocycles. The van der Waals surface area contributed by atoms with Gasteiger partial charge in [0, 0.05) is 12.8 Å². The average molecular weight is 1000 g/mol. The van der Waals surface area contributed by atoms with Gasteiger partial charge < -0.3 is 28.5 Å². The summed E-state index contributed by atoms with van der Waals surface area (Å²) in [4.78, 5) is 37.5. The molecule has 0 aliphatic rings. The van der Waals surface area contributed by atoms with Crippen molar-refractivity contribution in [1.82, 2.24) is 0 Å². The van der Waals surface area contributed by atoms with E-state index in [0.717, 1.165) is 44.9 Å². The van der Waals surface area contributed by atoms with E-state index in [1.54, 1.807) is 0 Å². The number of ether oxygens (including phenoxy) is 4. The number of aliphatic carboxylic acids is 1. The number of rotatable bonds is 56. The minimum absolute atomic E-state index is 0.180. The molecule has 0 amide bonds. The third-order valence-corrected chi connectivity index (χ3v) is 13.4. The van der Waals surface area contributed by atoms with Gasteiger partial charge in [-0.05, 0) is 70.6 Å². The fourth-order valence-corrected chi connectivity index (χ4v) is 8.69. The van der Waals surface area contributed by atoms with Gasteiger partial charge in [0.15, 0.2) is 6.10 Å². The van der Waals surface area contributed by atoms with Crippen LogP contribution in [-0.2, 0) is 33.3 Å². The first kappa shape index (κ1) is 68.5. The number of nitrogens with zero attached hydrogens (tertiary/aromatic N) is 1. The minimum Gasteiger partial charge on any atom is -0.477 e. The summed E-state index contributed by atoms with van der Waals surface area (Å²) in [5.41, 5.74) is 0. The first-order valence-electron chi connectivity index (χ1n) is 30.2. The maximum Gasteiger partial charge on any atom is 0.361 e. The van der Waals surface area contributed by atoms with Gasteiger partial charge in [-0.3, -0.25) is 9.59 Å². The van der Waals surface area contributed by atoms with Gasteiger partial charge in [0.25, 0.3) is 6.29 Å². The zero-order valence-electron chi connectivity index (χ0n) is 47.4. The van der Waals surface area contributed by atoms with Crippen LogP contribution in [0.25, 0.3) is 0 Å². The molecule has 0 spiro atoms. The van der Waals surface area contributed by atoms with Crippen LogP contribution in [0.2, 0.25) is 0 Å². The Morgan fingerprint density at radius 2 is 0.761 bits per heavy atom. The highest BCUT2D eigenvalue weighted by Crippen LogP contribution is 2.17.